The minimum atomic E-state index is -0.640. The predicted octanol–water partition coefficient (Wildman–Crippen LogP) is 15.5. The van der Waals surface area contributed by atoms with Crippen LogP contribution in [0.1, 0.15) is 194 Å². The van der Waals surface area contributed by atoms with Gasteiger partial charge in [-0.05, 0) is 115 Å². The molecule has 0 aromatic heterocycles. The van der Waals surface area contributed by atoms with E-state index in [0.29, 0.717) is 19.8 Å². The van der Waals surface area contributed by atoms with Crippen LogP contribution in [0.15, 0.2) is 66.8 Å². The number of unbranched alkanes of at least 4 members (excludes halogenated alkanes) is 18. The summed E-state index contributed by atoms with van der Waals surface area (Å²) < 4.78 is 23.3. The van der Waals surface area contributed by atoms with E-state index in [2.05, 4.69) is 81.2 Å². The fourth-order valence-electron chi connectivity index (χ4n) is 6.61. The zero-order valence-electron chi connectivity index (χ0n) is 37.5. The van der Waals surface area contributed by atoms with Crippen molar-refractivity contribution in [2.75, 3.05) is 39.5 Å². The van der Waals surface area contributed by atoms with Gasteiger partial charge in [0.2, 0.25) is 0 Å². The monoisotopic (exact) mass is 794 g/mol. The smallest absolute Gasteiger partial charge is 0.494 e. The van der Waals surface area contributed by atoms with Gasteiger partial charge in [0.05, 0.1) is 19.8 Å². The van der Waals surface area contributed by atoms with Crippen LogP contribution in [0.5, 0.6) is 11.5 Å². The van der Waals surface area contributed by atoms with E-state index in [4.69, 9.17) is 18.9 Å². The summed E-state index contributed by atoms with van der Waals surface area (Å²) in [6, 6.07) is 5.88. The summed E-state index contributed by atoms with van der Waals surface area (Å²) in [5.74, 6) is 1.53. The lowest BCUT2D eigenvalue weighted by molar-refractivity contribution is 0.0468. The van der Waals surface area contributed by atoms with Crippen LogP contribution in [0.25, 0.3) is 0 Å². The Kier molecular flexibility index (Phi) is 37.6. The summed E-state index contributed by atoms with van der Waals surface area (Å²) in [6.07, 6.45) is 48.0. The van der Waals surface area contributed by atoms with E-state index in [-0.39, 0.29) is 6.61 Å². The Labute approximate surface area is 351 Å². The van der Waals surface area contributed by atoms with Gasteiger partial charge in [0.1, 0.15) is 18.1 Å². The highest BCUT2D eigenvalue weighted by Gasteiger charge is 2.12. The van der Waals surface area contributed by atoms with Gasteiger partial charge in [-0.1, -0.05) is 153 Å². The molecule has 0 radical (unpaired) electrons. The zero-order valence-corrected chi connectivity index (χ0v) is 37.5. The first-order valence-corrected chi connectivity index (χ1v) is 23.6. The van der Waals surface area contributed by atoms with E-state index in [1.807, 2.05) is 18.2 Å². The Bertz CT molecular complexity index is 1150. The molecular formula is C51H87NO5. The highest BCUT2D eigenvalue weighted by molar-refractivity contribution is 5.60. The zero-order chi connectivity index (χ0) is 41.1. The first kappa shape index (κ1) is 52.0. The van der Waals surface area contributed by atoms with Crippen LogP contribution in [-0.2, 0) is 16.1 Å². The van der Waals surface area contributed by atoms with Crippen molar-refractivity contribution in [1.82, 2.24) is 4.90 Å². The van der Waals surface area contributed by atoms with Crippen LogP contribution >= 0.6 is 0 Å². The van der Waals surface area contributed by atoms with E-state index in [1.54, 1.807) is 0 Å². The van der Waals surface area contributed by atoms with Crippen LogP contribution in [0.2, 0.25) is 0 Å². The van der Waals surface area contributed by atoms with Gasteiger partial charge in [-0.3, -0.25) is 0 Å². The topological polar surface area (TPSA) is 57.2 Å². The van der Waals surface area contributed by atoms with Crippen LogP contribution < -0.4 is 9.47 Å². The number of nitrogens with zero attached hydrogens (tertiary/aromatic N) is 1. The number of ether oxygens (including phenoxy) is 4. The molecule has 6 heteroatoms. The molecule has 1 rings (SSSR count). The minimum absolute atomic E-state index is 0.0933. The van der Waals surface area contributed by atoms with Crippen LogP contribution in [0.3, 0.4) is 0 Å². The van der Waals surface area contributed by atoms with Gasteiger partial charge >= 0.3 is 6.16 Å². The Morgan fingerprint density at radius 1 is 0.509 bits per heavy atom. The minimum Gasteiger partial charge on any atom is -0.494 e. The maximum Gasteiger partial charge on any atom is 0.508 e. The molecule has 1 aromatic carbocycles. The molecule has 0 saturated carbocycles. The number of carbonyl (C=O) groups excluding carboxylic acids is 1. The molecule has 326 valence electrons. The molecular weight excluding hydrogens is 707 g/mol. The Hall–Kier alpha value is -2.99. The van der Waals surface area contributed by atoms with Crippen molar-refractivity contribution in [3.05, 3.63) is 72.4 Å². The van der Waals surface area contributed by atoms with E-state index in [9.17, 15) is 4.79 Å². The normalized spacial score (nSPS) is 11.9. The predicted molar refractivity (Wildman–Crippen MR) is 245 cm³/mol. The third kappa shape index (κ3) is 33.7. The molecule has 0 fully saturated rings. The van der Waals surface area contributed by atoms with Gasteiger partial charge < -0.3 is 23.8 Å². The lowest BCUT2D eigenvalue weighted by Gasteiger charge is -2.17. The van der Waals surface area contributed by atoms with Gasteiger partial charge in [-0.25, -0.2) is 4.79 Å². The molecule has 0 unspecified atom stereocenters. The highest BCUT2D eigenvalue weighted by Crippen LogP contribution is 2.26. The van der Waals surface area contributed by atoms with Gasteiger partial charge in [0.15, 0.2) is 0 Å². The quantitative estimate of drug-likeness (QED) is 0.0375. The molecule has 0 aliphatic heterocycles. The summed E-state index contributed by atoms with van der Waals surface area (Å²) in [5, 5.41) is 0. The Balaban J connectivity index is 2.37. The maximum absolute atomic E-state index is 12.4. The lowest BCUT2D eigenvalue weighted by Crippen LogP contribution is -2.25. The lowest BCUT2D eigenvalue weighted by atomic mass is 10.1. The number of rotatable bonds is 40. The molecule has 6 nitrogen and oxygen atoms in total. The average Bonchev–Trinajstić information content (AvgIpc) is 3.22. The number of hydrogen-bond acceptors (Lipinski definition) is 6. The summed E-state index contributed by atoms with van der Waals surface area (Å²) in [6.45, 7) is 13.5. The summed E-state index contributed by atoms with van der Waals surface area (Å²) >= 11 is 0. The number of benzene rings is 1. The third-order valence-electron chi connectivity index (χ3n) is 10.3. The van der Waals surface area contributed by atoms with Crippen molar-refractivity contribution in [3.8, 4) is 11.5 Å². The first-order valence-electron chi connectivity index (χ1n) is 23.6. The van der Waals surface area contributed by atoms with Gasteiger partial charge in [-0.2, -0.15) is 0 Å². The first-order chi connectivity index (χ1) is 28.1. The van der Waals surface area contributed by atoms with E-state index >= 15 is 0 Å². The number of carbonyl (C=O) groups is 1. The number of hydrogen-bond donors (Lipinski definition) is 0. The molecule has 0 aliphatic rings. The van der Waals surface area contributed by atoms with Crippen LogP contribution in [-0.4, -0.2) is 50.5 Å². The Morgan fingerprint density at radius 3 is 1.49 bits per heavy atom. The van der Waals surface area contributed by atoms with Crippen LogP contribution in [0.4, 0.5) is 4.79 Å². The average molecular weight is 794 g/mol. The van der Waals surface area contributed by atoms with Crippen molar-refractivity contribution >= 4 is 6.16 Å². The van der Waals surface area contributed by atoms with Crippen molar-refractivity contribution in [2.45, 2.75) is 195 Å². The summed E-state index contributed by atoms with van der Waals surface area (Å²) in [5.41, 5.74) is 0.810. The molecule has 0 amide bonds. The second kappa shape index (κ2) is 41.2. The molecule has 1 aromatic rings. The number of allylic oxidation sites excluding steroid dienone is 8. The largest absolute Gasteiger partial charge is 0.508 e. The molecule has 0 bridgehead atoms. The molecule has 0 aliphatic carbocycles. The van der Waals surface area contributed by atoms with E-state index in [0.717, 1.165) is 75.2 Å². The summed E-state index contributed by atoms with van der Waals surface area (Å²) in [4.78, 5) is 14.7. The Morgan fingerprint density at radius 2 is 0.982 bits per heavy atom. The second-order valence-corrected chi connectivity index (χ2v) is 15.4. The van der Waals surface area contributed by atoms with Gasteiger partial charge in [0.25, 0.3) is 0 Å². The summed E-state index contributed by atoms with van der Waals surface area (Å²) in [7, 11) is 0. The van der Waals surface area contributed by atoms with Crippen LogP contribution in [0, 0.1) is 0 Å². The molecule has 0 heterocycles. The van der Waals surface area contributed by atoms with E-state index < -0.39 is 6.16 Å². The van der Waals surface area contributed by atoms with Gasteiger partial charge in [0, 0.05) is 12.1 Å². The standard InChI is InChI=1S/C51H87NO5/c1-5-9-11-13-15-17-19-21-23-25-27-29-31-33-35-37-43-54-49-40-41-50(48(46-49)47-57-51(53)56-45-39-42-52(7-3)8-4)55-44-38-36-34-32-30-28-26-24-22-20-18-16-14-12-10-6-2/h15-18,21-24,40-41,46H,5-14,19-20,25-39,42-45,47H2,1-4H3. The van der Waals surface area contributed by atoms with E-state index in [1.165, 1.54) is 122 Å². The van der Waals surface area contributed by atoms with Crippen molar-refractivity contribution in [3.63, 3.8) is 0 Å². The molecule has 0 atom stereocenters. The fourth-order valence-corrected chi connectivity index (χ4v) is 6.61. The maximum atomic E-state index is 12.4. The third-order valence-corrected chi connectivity index (χ3v) is 10.3. The molecule has 0 spiro atoms. The molecule has 57 heavy (non-hydrogen) atoms. The van der Waals surface area contributed by atoms with Crippen molar-refractivity contribution < 1.29 is 23.7 Å². The molecule has 0 saturated heterocycles. The van der Waals surface area contributed by atoms with Gasteiger partial charge in [-0.15, -0.1) is 0 Å². The molecule has 0 N–H and O–H groups in total. The second-order valence-electron chi connectivity index (χ2n) is 15.4. The fraction of sp³-hybridized carbons (Fsp3) is 0.706. The van der Waals surface area contributed by atoms with Crippen molar-refractivity contribution in [1.29, 1.82) is 0 Å². The highest BCUT2D eigenvalue weighted by atomic mass is 16.7. The van der Waals surface area contributed by atoms with Crippen molar-refractivity contribution in [2.24, 2.45) is 0 Å². The SMILES string of the molecule is CCCCCC=CCC=CCCCCCCCCOc1ccc(OCCCCCCCCC=CCC=CCCCCC)c(COC(=O)OCCCN(CC)CC)c1.